The molecular weight excluding hydrogens is 114 g/mol. The van der Waals surface area contributed by atoms with Crippen molar-refractivity contribution in [2.45, 2.75) is 25.9 Å². The van der Waals surface area contributed by atoms with Crippen molar-refractivity contribution in [3.63, 3.8) is 0 Å². The van der Waals surface area contributed by atoms with Crippen LogP contribution in [-0.2, 0) is 0 Å². The Balaban J connectivity index is 2.21. The molecule has 0 bridgehead atoms. The number of aliphatic hydroxyl groups is 1. The molecule has 2 nitrogen and oxygen atoms in total. The van der Waals surface area contributed by atoms with E-state index in [0.29, 0.717) is 18.3 Å². The SMILES string of the molecule is CC1CC1C(O)CC#N. The van der Waals surface area contributed by atoms with E-state index in [-0.39, 0.29) is 6.10 Å². The van der Waals surface area contributed by atoms with Gasteiger partial charge < -0.3 is 5.11 Å². The van der Waals surface area contributed by atoms with Crippen molar-refractivity contribution in [2.24, 2.45) is 11.8 Å². The molecule has 0 saturated heterocycles. The average molecular weight is 125 g/mol. The quantitative estimate of drug-likeness (QED) is 0.596. The zero-order valence-corrected chi connectivity index (χ0v) is 5.54. The first-order valence-electron chi connectivity index (χ1n) is 3.30. The van der Waals surface area contributed by atoms with E-state index in [2.05, 4.69) is 6.92 Å². The van der Waals surface area contributed by atoms with Crippen molar-refractivity contribution in [3.05, 3.63) is 0 Å². The lowest BCUT2D eigenvalue weighted by Gasteiger charge is -2.01. The third-order valence-electron chi connectivity index (χ3n) is 1.97. The molecule has 1 rings (SSSR count). The van der Waals surface area contributed by atoms with Gasteiger partial charge in [0.05, 0.1) is 18.6 Å². The molecule has 1 N–H and O–H groups in total. The standard InChI is InChI=1S/C7H11NO/c1-5-4-6(5)7(9)2-3-8/h5-7,9H,2,4H2,1H3. The lowest BCUT2D eigenvalue weighted by molar-refractivity contribution is 0.151. The fourth-order valence-corrected chi connectivity index (χ4v) is 1.13. The van der Waals surface area contributed by atoms with Crippen molar-refractivity contribution < 1.29 is 5.11 Å². The Morgan fingerprint density at radius 2 is 2.44 bits per heavy atom. The molecule has 0 spiro atoms. The molecule has 1 aliphatic rings. The van der Waals surface area contributed by atoms with Gasteiger partial charge in [-0.15, -0.1) is 0 Å². The largest absolute Gasteiger partial charge is 0.392 e. The molecule has 0 aliphatic heterocycles. The number of hydrogen-bond acceptors (Lipinski definition) is 2. The van der Waals surface area contributed by atoms with E-state index < -0.39 is 0 Å². The summed E-state index contributed by atoms with van der Waals surface area (Å²) in [7, 11) is 0. The van der Waals surface area contributed by atoms with Gasteiger partial charge in [0.15, 0.2) is 0 Å². The second-order valence-electron chi connectivity index (χ2n) is 2.81. The molecule has 1 aliphatic carbocycles. The zero-order valence-electron chi connectivity index (χ0n) is 5.54. The van der Waals surface area contributed by atoms with Crippen molar-refractivity contribution in [1.29, 1.82) is 5.26 Å². The molecule has 1 fully saturated rings. The summed E-state index contributed by atoms with van der Waals surface area (Å²) in [5, 5.41) is 17.3. The molecule has 50 valence electrons. The molecular formula is C7H11NO. The zero-order chi connectivity index (χ0) is 6.85. The van der Waals surface area contributed by atoms with E-state index >= 15 is 0 Å². The summed E-state index contributed by atoms with van der Waals surface area (Å²) in [5.74, 6) is 1.07. The van der Waals surface area contributed by atoms with Crippen molar-refractivity contribution >= 4 is 0 Å². The molecule has 0 aromatic rings. The highest BCUT2D eigenvalue weighted by Gasteiger charge is 2.38. The number of hydrogen-bond donors (Lipinski definition) is 1. The minimum Gasteiger partial charge on any atom is -0.392 e. The van der Waals surface area contributed by atoms with Gasteiger partial charge in [-0.25, -0.2) is 0 Å². The van der Waals surface area contributed by atoms with E-state index in [1.165, 1.54) is 0 Å². The molecule has 0 aromatic heterocycles. The second kappa shape index (κ2) is 2.36. The van der Waals surface area contributed by atoms with Crippen LogP contribution in [0.15, 0.2) is 0 Å². The van der Waals surface area contributed by atoms with Gasteiger partial charge >= 0.3 is 0 Å². The van der Waals surface area contributed by atoms with Gasteiger partial charge in [-0.05, 0) is 18.3 Å². The van der Waals surface area contributed by atoms with Crippen LogP contribution >= 0.6 is 0 Å². The van der Waals surface area contributed by atoms with Crippen molar-refractivity contribution in [1.82, 2.24) is 0 Å². The molecule has 9 heavy (non-hydrogen) atoms. The maximum absolute atomic E-state index is 9.14. The van der Waals surface area contributed by atoms with Gasteiger partial charge in [-0.1, -0.05) is 6.92 Å². The Hall–Kier alpha value is -0.550. The predicted molar refractivity (Wildman–Crippen MR) is 33.5 cm³/mol. The first kappa shape index (κ1) is 6.57. The van der Waals surface area contributed by atoms with Crippen molar-refractivity contribution in [2.75, 3.05) is 0 Å². The fourth-order valence-electron chi connectivity index (χ4n) is 1.13. The minimum absolute atomic E-state index is 0.301. The molecule has 0 radical (unpaired) electrons. The summed E-state index contributed by atoms with van der Waals surface area (Å²) in [6.07, 6.45) is 1.04. The first-order chi connectivity index (χ1) is 4.25. The van der Waals surface area contributed by atoms with E-state index in [4.69, 9.17) is 10.4 Å². The van der Waals surface area contributed by atoms with Crippen LogP contribution < -0.4 is 0 Å². The van der Waals surface area contributed by atoms with Crippen LogP contribution in [0.1, 0.15) is 19.8 Å². The lowest BCUT2D eigenvalue weighted by atomic mass is 10.1. The van der Waals surface area contributed by atoms with Crippen LogP contribution in [0.4, 0.5) is 0 Å². The minimum atomic E-state index is -0.356. The fraction of sp³-hybridized carbons (Fsp3) is 0.857. The highest BCUT2D eigenvalue weighted by atomic mass is 16.3. The summed E-state index contributed by atoms with van der Waals surface area (Å²) < 4.78 is 0. The molecule has 0 amide bonds. The summed E-state index contributed by atoms with van der Waals surface area (Å²) >= 11 is 0. The van der Waals surface area contributed by atoms with Crippen molar-refractivity contribution in [3.8, 4) is 6.07 Å². The molecule has 2 heteroatoms. The predicted octanol–water partition coefficient (Wildman–Crippen LogP) is 0.917. The Bertz CT molecular complexity index is 138. The van der Waals surface area contributed by atoms with E-state index in [1.807, 2.05) is 6.07 Å². The highest BCUT2D eigenvalue weighted by Crippen LogP contribution is 2.41. The van der Waals surface area contributed by atoms with Crippen LogP contribution in [0.5, 0.6) is 0 Å². The highest BCUT2D eigenvalue weighted by molar-refractivity contribution is 4.92. The molecule has 0 heterocycles. The number of nitrogens with zero attached hydrogens (tertiary/aromatic N) is 1. The lowest BCUT2D eigenvalue weighted by Crippen LogP contribution is -2.08. The Morgan fingerprint density at radius 1 is 1.89 bits per heavy atom. The Morgan fingerprint density at radius 3 is 2.78 bits per heavy atom. The third kappa shape index (κ3) is 1.43. The Kier molecular flexibility index (Phi) is 1.73. The van der Waals surface area contributed by atoms with E-state index in [1.54, 1.807) is 0 Å². The first-order valence-corrected chi connectivity index (χ1v) is 3.30. The smallest absolute Gasteiger partial charge is 0.0700 e. The number of rotatable bonds is 2. The second-order valence-corrected chi connectivity index (χ2v) is 2.81. The van der Waals surface area contributed by atoms with Gasteiger partial charge in [-0.3, -0.25) is 0 Å². The maximum Gasteiger partial charge on any atom is 0.0700 e. The average Bonchev–Trinajstić information content (AvgIpc) is 2.47. The van der Waals surface area contributed by atoms with Gasteiger partial charge in [0.2, 0.25) is 0 Å². The number of aliphatic hydroxyl groups excluding tert-OH is 1. The van der Waals surface area contributed by atoms with Crippen LogP contribution in [-0.4, -0.2) is 11.2 Å². The van der Waals surface area contributed by atoms with Gasteiger partial charge in [0.25, 0.3) is 0 Å². The summed E-state index contributed by atoms with van der Waals surface area (Å²) in [6.45, 7) is 2.10. The molecule has 3 atom stereocenters. The maximum atomic E-state index is 9.14. The van der Waals surface area contributed by atoms with Gasteiger partial charge in [-0.2, -0.15) is 5.26 Å². The topological polar surface area (TPSA) is 44.0 Å². The molecule has 3 unspecified atom stereocenters. The van der Waals surface area contributed by atoms with E-state index in [0.717, 1.165) is 6.42 Å². The monoisotopic (exact) mass is 125 g/mol. The van der Waals surface area contributed by atoms with Crippen LogP contribution in [0.3, 0.4) is 0 Å². The van der Waals surface area contributed by atoms with Gasteiger partial charge in [0.1, 0.15) is 0 Å². The summed E-state index contributed by atoms with van der Waals surface area (Å²) in [5.41, 5.74) is 0. The molecule has 1 saturated carbocycles. The summed E-state index contributed by atoms with van der Waals surface area (Å²) in [4.78, 5) is 0. The van der Waals surface area contributed by atoms with Crippen LogP contribution in [0, 0.1) is 23.2 Å². The third-order valence-corrected chi connectivity index (χ3v) is 1.97. The Labute approximate surface area is 55.1 Å². The van der Waals surface area contributed by atoms with Crippen LogP contribution in [0.25, 0.3) is 0 Å². The molecule has 0 aromatic carbocycles. The number of nitriles is 1. The van der Waals surface area contributed by atoms with Gasteiger partial charge in [0, 0.05) is 0 Å². The van der Waals surface area contributed by atoms with E-state index in [9.17, 15) is 0 Å². The normalized spacial score (nSPS) is 35.2. The summed E-state index contributed by atoms with van der Waals surface area (Å²) in [6, 6.07) is 1.96. The van der Waals surface area contributed by atoms with Crippen LogP contribution in [0.2, 0.25) is 0 Å².